The third-order valence-corrected chi connectivity index (χ3v) is 6.98. The first kappa shape index (κ1) is 22.6. The highest BCUT2D eigenvalue weighted by atomic mass is 19.1. The Kier molecular flexibility index (Phi) is 5.44. The van der Waals surface area contributed by atoms with Crippen molar-refractivity contribution < 1.29 is 13.6 Å². The van der Waals surface area contributed by atoms with Crippen molar-refractivity contribution in [2.24, 2.45) is 7.05 Å². The molecule has 0 bridgehead atoms. The number of hydrogen-bond donors (Lipinski definition) is 2. The van der Waals surface area contributed by atoms with Crippen LogP contribution in [0, 0.1) is 11.8 Å². The van der Waals surface area contributed by atoms with Crippen LogP contribution in [0.15, 0.2) is 35.3 Å². The van der Waals surface area contributed by atoms with Crippen molar-refractivity contribution in [3.63, 3.8) is 0 Å². The lowest BCUT2D eigenvalue weighted by atomic mass is 10.1. The Balaban J connectivity index is 1.16. The van der Waals surface area contributed by atoms with Gasteiger partial charge in [-0.15, -0.1) is 0 Å². The highest BCUT2D eigenvalue weighted by Crippen LogP contribution is 2.26. The maximum Gasteiger partial charge on any atom is 0.270 e. The minimum Gasteiger partial charge on any atom is -0.365 e. The Morgan fingerprint density at radius 1 is 1.11 bits per heavy atom. The molecule has 1 amide bonds. The van der Waals surface area contributed by atoms with Gasteiger partial charge in [-0.25, -0.2) is 9.37 Å². The van der Waals surface area contributed by atoms with Crippen LogP contribution in [-0.4, -0.2) is 62.8 Å². The quantitative estimate of drug-likeness (QED) is 0.414. The molecule has 1 saturated heterocycles. The van der Waals surface area contributed by atoms with Gasteiger partial charge in [-0.3, -0.25) is 19.2 Å². The van der Waals surface area contributed by atoms with E-state index in [9.17, 15) is 14.0 Å². The Labute approximate surface area is 204 Å². The molecule has 1 aromatic carbocycles. The molecule has 2 aliphatic rings. The van der Waals surface area contributed by atoms with Gasteiger partial charge in [0.25, 0.3) is 11.5 Å². The Hall–Kier alpha value is -3.86. The number of carbonyl (C=O) groups excluding carboxylic acids is 1. The average molecular weight is 494 g/mol. The van der Waals surface area contributed by atoms with Gasteiger partial charge in [0.1, 0.15) is 5.69 Å². The van der Waals surface area contributed by atoms with Gasteiger partial charge in [0, 0.05) is 56.8 Å². The fourth-order valence-corrected chi connectivity index (χ4v) is 4.83. The molecular weight excluding hydrogens is 468 g/mol. The average Bonchev–Trinajstić information content (AvgIpc) is 3.60. The Morgan fingerprint density at radius 3 is 2.61 bits per heavy atom. The number of anilines is 1. The van der Waals surface area contributed by atoms with Gasteiger partial charge in [0.05, 0.1) is 28.3 Å². The molecule has 0 spiro atoms. The predicted octanol–water partition coefficient (Wildman–Crippen LogP) is 2.30. The molecule has 6 rings (SSSR count). The number of aromatic nitrogens is 4. The molecule has 3 aromatic heterocycles. The number of halogens is 2. The van der Waals surface area contributed by atoms with Crippen LogP contribution in [0.1, 0.15) is 28.9 Å². The molecule has 4 heterocycles. The van der Waals surface area contributed by atoms with Crippen LogP contribution >= 0.6 is 0 Å². The first-order valence-corrected chi connectivity index (χ1v) is 12.0. The number of amides is 1. The first-order valence-electron chi connectivity index (χ1n) is 12.0. The van der Waals surface area contributed by atoms with Crippen molar-refractivity contribution in [1.29, 1.82) is 0 Å². The number of rotatable bonds is 5. The molecule has 0 unspecified atom stereocenters. The van der Waals surface area contributed by atoms with Crippen molar-refractivity contribution in [2.75, 3.05) is 31.1 Å². The maximum absolute atomic E-state index is 15.4. The molecular formula is C25H25F2N7O2. The second kappa shape index (κ2) is 8.66. The number of piperazine rings is 1. The second-order valence-electron chi connectivity index (χ2n) is 9.46. The monoisotopic (exact) mass is 493 g/mol. The van der Waals surface area contributed by atoms with Gasteiger partial charge in [0.15, 0.2) is 5.82 Å². The largest absolute Gasteiger partial charge is 0.365 e. The number of aromatic amines is 1. The third-order valence-electron chi connectivity index (χ3n) is 6.98. The summed E-state index contributed by atoms with van der Waals surface area (Å²) < 4.78 is 31.7. The number of nitrogens with zero attached hydrogens (tertiary/aromatic N) is 5. The van der Waals surface area contributed by atoms with Gasteiger partial charge >= 0.3 is 0 Å². The van der Waals surface area contributed by atoms with Gasteiger partial charge in [-0.2, -0.15) is 9.49 Å². The van der Waals surface area contributed by atoms with Crippen molar-refractivity contribution >= 4 is 33.4 Å². The fourth-order valence-electron chi connectivity index (χ4n) is 4.83. The highest BCUT2D eigenvalue weighted by Gasteiger charge is 2.26. The van der Waals surface area contributed by atoms with E-state index in [1.54, 1.807) is 29.9 Å². The first-order chi connectivity index (χ1) is 17.4. The zero-order valence-electron chi connectivity index (χ0n) is 19.7. The number of benzene rings is 1. The standard InChI is InChI=1S/C25H25F2N7O2/c1-32-22-16-5-2-14(20(26)21(16)31-24(35)17(22)12-28-32)13-33-8-10-34(11-9-33)19-7-6-18(30-23(19)27)25(36)29-15-3-4-15/h2,5-7,12,15H,3-4,8-11,13H2,1H3,(H,29,36)(H,31,35). The number of nitrogens with one attached hydrogen (secondary N) is 2. The van der Waals surface area contributed by atoms with Crippen LogP contribution in [-0.2, 0) is 13.6 Å². The van der Waals surface area contributed by atoms with Crippen molar-refractivity contribution in [3.8, 4) is 0 Å². The van der Waals surface area contributed by atoms with Crippen LogP contribution in [0.5, 0.6) is 0 Å². The highest BCUT2D eigenvalue weighted by molar-refractivity contribution is 6.03. The van der Waals surface area contributed by atoms with Crippen LogP contribution in [0.2, 0.25) is 0 Å². The van der Waals surface area contributed by atoms with Gasteiger partial charge in [-0.1, -0.05) is 12.1 Å². The molecule has 11 heteroatoms. The van der Waals surface area contributed by atoms with Crippen LogP contribution < -0.4 is 15.8 Å². The zero-order chi connectivity index (χ0) is 25.0. The summed E-state index contributed by atoms with van der Waals surface area (Å²) in [7, 11) is 1.72. The van der Waals surface area contributed by atoms with E-state index in [0.29, 0.717) is 60.3 Å². The fraction of sp³-hybridized carbons (Fsp3) is 0.360. The van der Waals surface area contributed by atoms with Gasteiger partial charge in [-0.05, 0) is 25.0 Å². The summed E-state index contributed by atoms with van der Waals surface area (Å²) in [4.78, 5) is 35.1. The Bertz CT molecular complexity index is 1550. The molecule has 1 aliphatic heterocycles. The van der Waals surface area contributed by atoms with Crippen LogP contribution in [0.4, 0.5) is 14.5 Å². The SMILES string of the molecule is Cn1ncc2c(=O)[nH]c3c(F)c(CN4CCN(c5ccc(C(=O)NC6CC6)nc5F)CC4)ccc3c21. The van der Waals surface area contributed by atoms with E-state index in [-0.39, 0.29) is 28.7 Å². The smallest absolute Gasteiger partial charge is 0.270 e. The van der Waals surface area contributed by atoms with E-state index in [1.165, 1.54) is 6.20 Å². The minimum atomic E-state index is -0.669. The lowest BCUT2D eigenvalue weighted by Gasteiger charge is -2.36. The van der Waals surface area contributed by atoms with Crippen molar-refractivity contribution in [2.45, 2.75) is 25.4 Å². The number of pyridine rings is 2. The topological polar surface area (TPSA) is 99.2 Å². The number of fused-ring (bicyclic) bond motifs is 3. The molecule has 2 fully saturated rings. The van der Waals surface area contributed by atoms with E-state index in [1.807, 2.05) is 11.0 Å². The molecule has 1 aliphatic carbocycles. The van der Waals surface area contributed by atoms with E-state index in [2.05, 4.69) is 25.3 Å². The molecule has 9 nitrogen and oxygen atoms in total. The van der Waals surface area contributed by atoms with E-state index < -0.39 is 11.8 Å². The number of H-pyrrole nitrogens is 1. The zero-order valence-corrected chi connectivity index (χ0v) is 19.7. The molecule has 1 saturated carbocycles. The summed E-state index contributed by atoms with van der Waals surface area (Å²) in [5.74, 6) is -1.47. The molecule has 0 radical (unpaired) electrons. The van der Waals surface area contributed by atoms with Crippen LogP contribution in [0.3, 0.4) is 0 Å². The van der Waals surface area contributed by atoms with Crippen LogP contribution in [0.25, 0.3) is 21.8 Å². The summed E-state index contributed by atoms with van der Waals surface area (Å²) >= 11 is 0. The molecule has 2 N–H and O–H groups in total. The lowest BCUT2D eigenvalue weighted by Crippen LogP contribution is -2.46. The summed E-state index contributed by atoms with van der Waals surface area (Å²) in [6, 6.07) is 6.88. The summed E-state index contributed by atoms with van der Waals surface area (Å²) in [6.07, 6.45) is 3.38. The van der Waals surface area contributed by atoms with Gasteiger partial charge in [0.2, 0.25) is 5.95 Å². The molecule has 0 atom stereocenters. The van der Waals surface area contributed by atoms with E-state index >= 15 is 4.39 Å². The molecule has 36 heavy (non-hydrogen) atoms. The second-order valence-corrected chi connectivity index (χ2v) is 9.46. The normalized spacial score (nSPS) is 16.7. The summed E-state index contributed by atoms with van der Waals surface area (Å²) in [5, 5.41) is 7.97. The van der Waals surface area contributed by atoms with E-state index in [4.69, 9.17) is 0 Å². The number of aryl methyl sites for hydroxylation is 1. The van der Waals surface area contributed by atoms with Crippen molar-refractivity contribution in [3.05, 3.63) is 63.8 Å². The lowest BCUT2D eigenvalue weighted by molar-refractivity contribution is 0.0945. The predicted molar refractivity (Wildman–Crippen MR) is 131 cm³/mol. The van der Waals surface area contributed by atoms with E-state index in [0.717, 1.165) is 12.8 Å². The number of hydrogen-bond acceptors (Lipinski definition) is 6. The molecule has 186 valence electrons. The third kappa shape index (κ3) is 3.98. The maximum atomic E-state index is 15.4. The number of carbonyl (C=O) groups is 1. The summed E-state index contributed by atoms with van der Waals surface area (Å²) in [5.41, 5.74) is 1.31. The van der Waals surface area contributed by atoms with Crippen molar-refractivity contribution in [1.82, 2.24) is 30.0 Å². The summed E-state index contributed by atoms with van der Waals surface area (Å²) in [6.45, 7) is 2.63. The Morgan fingerprint density at radius 2 is 1.89 bits per heavy atom. The minimum absolute atomic E-state index is 0.0787. The molecule has 4 aromatic rings. The van der Waals surface area contributed by atoms with Gasteiger partial charge < -0.3 is 15.2 Å².